The van der Waals surface area contributed by atoms with E-state index < -0.39 is 29.5 Å². The fourth-order valence-corrected chi connectivity index (χ4v) is 4.46. The molecule has 0 fully saturated rings. The van der Waals surface area contributed by atoms with Crippen molar-refractivity contribution in [2.24, 2.45) is 10.9 Å². The summed E-state index contributed by atoms with van der Waals surface area (Å²) in [4.78, 5) is 69.2. The number of amides is 5. The Morgan fingerprint density at radius 2 is 1.23 bits per heavy atom. The van der Waals surface area contributed by atoms with Crippen LogP contribution in [0, 0.1) is 27.7 Å². The molecule has 252 valence electrons. The van der Waals surface area contributed by atoms with Gasteiger partial charge in [0.25, 0.3) is 29.5 Å². The normalized spacial score (nSPS) is 11.1. The maximum Gasteiger partial charge on any atom is 0.275 e. The smallest absolute Gasteiger partial charge is 0.275 e. The van der Waals surface area contributed by atoms with Gasteiger partial charge in [-0.1, -0.05) is 11.7 Å². The van der Waals surface area contributed by atoms with E-state index in [1.165, 1.54) is 12.4 Å². The predicted molar refractivity (Wildman–Crippen MR) is 179 cm³/mol. The zero-order valence-electron chi connectivity index (χ0n) is 26.1. The van der Waals surface area contributed by atoms with Gasteiger partial charge in [-0.15, -0.1) is 0 Å². The molecule has 0 aliphatic rings. The molecule has 12 N–H and O–H groups in total. The second-order valence-corrected chi connectivity index (χ2v) is 11.3. The van der Waals surface area contributed by atoms with Crippen LogP contribution in [-0.4, -0.2) is 77.5 Å². The number of amidine groups is 1. The van der Waals surface area contributed by atoms with Crippen molar-refractivity contribution in [1.29, 1.82) is 0 Å². The lowest BCUT2D eigenvalue weighted by Gasteiger charge is -2.07. The van der Waals surface area contributed by atoms with Crippen molar-refractivity contribution >= 4 is 74.3 Å². The van der Waals surface area contributed by atoms with Crippen LogP contribution >= 0.6 is 15.9 Å². The molecule has 0 aliphatic carbocycles. The zero-order chi connectivity index (χ0) is 35.3. The molecule has 48 heavy (non-hydrogen) atoms. The minimum absolute atomic E-state index is 0.0281. The second kappa shape index (κ2) is 14.5. The molecule has 0 atom stereocenters. The van der Waals surface area contributed by atoms with Crippen molar-refractivity contribution in [2.75, 3.05) is 27.8 Å². The van der Waals surface area contributed by atoms with Gasteiger partial charge in [0.1, 0.15) is 28.6 Å². The van der Waals surface area contributed by atoms with Gasteiger partial charge in [-0.25, -0.2) is 0 Å². The number of hydrogen-bond acceptors (Lipinski definition) is 9. The quantitative estimate of drug-likeness (QED) is 0.0336. The lowest BCUT2D eigenvalue weighted by molar-refractivity contribution is -0.112. The van der Waals surface area contributed by atoms with E-state index in [4.69, 9.17) is 10.9 Å². The SMILES string of the molecule is C=C(Br)C(=O)Nc1n[nH]c(C(=O)Nc2n[nH]c(C(=O)Nc3c[nH]c(C(=O)Nc4c[nH]c(C(=O)NCCC(N)=NO)c4C)c3C)c2C)c1C. The first-order valence-corrected chi connectivity index (χ1v) is 14.8. The Morgan fingerprint density at radius 3 is 1.73 bits per heavy atom. The standard InChI is InChI=1S/C28H32BrN13O6/c1-10-15(8-32-18(10)25(44)31-7-6-17(30)42-48)34-26(45)19-11(2)16(9-33-19)35-27(46)20-12(3)23(41-38-20)37-28(47)21-13(4)22(40-39-21)36-24(43)14(5)29/h8-9,32-33,48H,5-7H2,1-4H3,(H2,30,42)(H,31,44)(H,34,45)(H,35,46)(H2,36,39,40,43)(H2,37,38,41,47). The lowest BCUT2D eigenvalue weighted by Crippen LogP contribution is -2.28. The Bertz CT molecular complexity index is 1960. The van der Waals surface area contributed by atoms with Crippen LogP contribution in [0.2, 0.25) is 0 Å². The molecule has 0 bridgehead atoms. The molecule has 0 unspecified atom stereocenters. The third-order valence-corrected chi connectivity index (χ3v) is 7.57. The number of nitrogens with two attached hydrogens (primary N) is 1. The summed E-state index contributed by atoms with van der Waals surface area (Å²) in [6.45, 7) is 10.1. The van der Waals surface area contributed by atoms with Crippen molar-refractivity contribution in [3.8, 4) is 0 Å². The van der Waals surface area contributed by atoms with E-state index in [2.05, 4.69) is 84.6 Å². The largest absolute Gasteiger partial charge is 0.409 e. The van der Waals surface area contributed by atoms with Crippen molar-refractivity contribution in [1.82, 2.24) is 35.7 Å². The van der Waals surface area contributed by atoms with Crippen LogP contribution < -0.4 is 32.3 Å². The summed E-state index contributed by atoms with van der Waals surface area (Å²) < 4.78 is 0.0855. The maximum atomic E-state index is 13.1. The van der Waals surface area contributed by atoms with Gasteiger partial charge in [0.2, 0.25) is 0 Å². The minimum atomic E-state index is -0.611. The van der Waals surface area contributed by atoms with Crippen LogP contribution in [0.5, 0.6) is 0 Å². The van der Waals surface area contributed by atoms with E-state index in [9.17, 15) is 24.0 Å². The first-order valence-electron chi connectivity index (χ1n) is 14.0. The molecule has 20 heteroatoms. The van der Waals surface area contributed by atoms with E-state index in [0.29, 0.717) is 33.6 Å². The van der Waals surface area contributed by atoms with Gasteiger partial charge in [0, 0.05) is 47.6 Å². The maximum absolute atomic E-state index is 13.1. The number of nitrogens with one attached hydrogen (secondary N) is 9. The number of oxime groups is 1. The van der Waals surface area contributed by atoms with Crippen LogP contribution in [0.15, 0.2) is 28.6 Å². The molecule has 4 heterocycles. The molecule has 5 amide bonds. The van der Waals surface area contributed by atoms with Crippen LogP contribution in [-0.2, 0) is 4.79 Å². The monoisotopic (exact) mass is 725 g/mol. The highest BCUT2D eigenvalue weighted by atomic mass is 79.9. The second-order valence-electron chi connectivity index (χ2n) is 10.4. The highest BCUT2D eigenvalue weighted by molar-refractivity contribution is 9.12. The molecule has 4 rings (SSSR count). The molecule has 0 spiro atoms. The molecule has 4 aromatic rings. The Balaban J connectivity index is 1.39. The molecule has 0 saturated heterocycles. The third kappa shape index (κ3) is 7.44. The highest BCUT2D eigenvalue weighted by Crippen LogP contribution is 2.25. The lowest BCUT2D eigenvalue weighted by atomic mass is 10.2. The van der Waals surface area contributed by atoms with Gasteiger partial charge in [0.05, 0.1) is 15.9 Å². The Labute approximate surface area is 280 Å². The molecule has 4 aromatic heterocycles. The van der Waals surface area contributed by atoms with Gasteiger partial charge >= 0.3 is 0 Å². The number of carbonyl (C=O) groups excluding carboxylic acids is 5. The number of anilines is 4. The highest BCUT2D eigenvalue weighted by Gasteiger charge is 2.24. The van der Waals surface area contributed by atoms with E-state index >= 15 is 0 Å². The third-order valence-electron chi connectivity index (χ3n) is 7.21. The number of nitrogens with zero attached hydrogens (tertiary/aromatic N) is 3. The number of halogens is 1. The van der Waals surface area contributed by atoms with Gasteiger partial charge in [-0.3, -0.25) is 34.2 Å². The molecule has 0 saturated carbocycles. The van der Waals surface area contributed by atoms with Crippen LogP contribution in [0.4, 0.5) is 23.0 Å². The van der Waals surface area contributed by atoms with Crippen LogP contribution in [0.25, 0.3) is 0 Å². The predicted octanol–water partition coefficient (Wildman–Crippen LogP) is 2.49. The fraction of sp³-hybridized carbons (Fsp3) is 0.214. The average molecular weight is 727 g/mol. The summed E-state index contributed by atoms with van der Waals surface area (Å²) in [5, 5.41) is 37.8. The Kier molecular flexibility index (Phi) is 10.5. The summed E-state index contributed by atoms with van der Waals surface area (Å²) in [6, 6.07) is 0. The number of hydrogen-bond donors (Lipinski definition) is 11. The summed E-state index contributed by atoms with van der Waals surface area (Å²) in [5.41, 5.74) is 8.21. The summed E-state index contributed by atoms with van der Waals surface area (Å²) in [7, 11) is 0. The molecular formula is C28H32BrN13O6. The van der Waals surface area contributed by atoms with Crippen molar-refractivity contribution < 1.29 is 29.2 Å². The van der Waals surface area contributed by atoms with Crippen molar-refractivity contribution in [3.05, 3.63) is 68.5 Å². The average Bonchev–Trinajstić information content (AvgIpc) is 3.80. The van der Waals surface area contributed by atoms with Gasteiger partial charge in [0.15, 0.2) is 11.6 Å². The Hall–Kier alpha value is -6.18. The molecule has 0 aliphatic heterocycles. The molecule has 0 radical (unpaired) electrons. The number of carbonyl (C=O) groups is 5. The first-order chi connectivity index (χ1) is 22.7. The zero-order valence-corrected chi connectivity index (χ0v) is 27.6. The number of aromatic nitrogens is 6. The van der Waals surface area contributed by atoms with Gasteiger partial charge in [-0.05, 0) is 43.6 Å². The Morgan fingerprint density at radius 1 is 0.771 bits per heavy atom. The van der Waals surface area contributed by atoms with Crippen molar-refractivity contribution in [3.63, 3.8) is 0 Å². The summed E-state index contributed by atoms with van der Waals surface area (Å²) in [6.07, 6.45) is 3.07. The number of aromatic amines is 4. The molecular weight excluding hydrogens is 694 g/mol. The minimum Gasteiger partial charge on any atom is -0.409 e. The number of H-pyrrole nitrogens is 4. The first kappa shape index (κ1) is 34.7. The van der Waals surface area contributed by atoms with Crippen molar-refractivity contribution in [2.45, 2.75) is 34.1 Å². The van der Waals surface area contributed by atoms with E-state index in [1.54, 1.807) is 27.7 Å². The van der Waals surface area contributed by atoms with E-state index in [0.717, 1.165) is 0 Å². The summed E-state index contributed by atoms with van der Waals surface area (Å²) in [5.74, 6) is -2.49. The van der Waals surface area contributed by atoms with E-state index in [-0.39, 0.29) is 57.7 Å². The van der Waals surface area contributed by atoms with Gasteiger partial charge < -0.3 is 47.5 Å². The number of rotatable bonds is 12. The van der Waals surface area contributed by atoms with Crippen LogP contribution in [0.1, 0.15) is 70.6 Å². The van der Waals surface area contributed by atoms with Crippen LogP contribution in [0.3, 0.4) is 0 Å². The molecule has 0 aromatic carbocycles. The van der Waals surface area contributed by atoms with E-state index in [1.807, 2.05) is 0 Å². The summed E-state index contributed by atoms with van der Waals surface area (Å²) >= 11 is 2.98. The fourth-order valence-electron chi connectivity index (χ4n) is 4.36. The molecule has 19 nitrogen and oxygen atoms in total. The van der Waals surface area contributed by atoms with Gasteiger partial charge in [-0.2, -0.15) is 10.2 Å². The topological polar surface area (TPSA) is 293 Å².